The Kier molecular flexibility index (Phi) is 4.53. The van der Waals surface area contributed by atoms with Crippen molar-refractivity contribution in [2.75, 3.05) is 0 Å². The molecule has 0 aliphatic carbocycles. The Labute approximate surface area is 158 Å². The first-order valence-electron chi connectivity index (χ1n) is 7.73. The molecule has 3 aromatic heterocycles. The van der Waals surface area contributed by atoms with Crippen molar-refractivity contribution in [2.24, 2.45) is 0 Å². The molecule has 0 saturated carbocycles. The number of hydrogen-bond donors (Lipinski definition) is 1. The van der Waals surface area contributed by atoms with Gasteiger partial charge >= 0.3 is 20.1 Å². The molecule has 0 bridgehead atoms. The average molecular weight is 474 g/mol. The van der Waals surface area contributed by atoms with E-state index in [2.05, 4.69) is 9.97 Å². The second-order valence-corrected chi connectivity index (χ2v) is 7.87. The van der Waals surface area contributed by atoms with Gasteiger partial charge in [-0.15, -0.1) is 0 Å². The highest BCUT2D eigenvalue weighted by atomic mass is 127. The molecule has 0 fully saturated rings. The van der Waals surface area contributed by atoms with Crippen LogP contribution in [0.15, 0.2) is 60.9 Å². The Morgan fingerprint density at radius 1 is 0.630 bits per heavy atom. The quantitative estimate of drug-likeness (QED) is 0.140. The van der Waals surface area contributed by atoms with E-state index in [1.807, 2.05) is 48.5 Å². The Hall–Kier alpha value is -2.57. The highest BCUT2D eigenvalue weighted by molar-refractivity contribution is 6.21. The molecule has 0 aliphatic rings. The number of pyridine rings is 2. The number of fused-ring (bicyclic) bond motifs is 7. The predicted molar refractivity (Wildman–Crippen MR) is 89.9 cm³/mol. The first kappa shape index (κ1) is 17.8. The lowest BCUT2D eigenvalue weighted by molar-refractivity contribution is -1.92. The summed E-state index contributed by atoms with van der Waals surface area (Å²) in [6.45, 7) is 0. The fourth-order valence-electron chi connectivity index (χ4n) is 2.95. The highest BCUT2D eigenvalue weighted by Crippen LogP contribution is 2.31. The molecule has 0 spiro atoms. The number of halogens is 1. The molecule has 27 heavy (non-hydrogen) atoms. The average Bonchev–Trinajstić information content (AvgIpc) is 2.66. The van der Waals surface area contributed by atoms with Gasteiger partial charge in [0.05, 0.1) is 33.1 Å². The van der Waals surface area contributed by atoms with Gasteiger partial charge in [0.15, 0.2) is 0 Å². The van der Waals surface area contributed by atoms with Crippen molar-refractivity contribution in [1.29, 1.82) is 0 Å². The Bertz CT molecular complexity index is 1190. The van der Waals surface area contributed by atoms with Crippen LogP contribution in [0, 0.1) is 0 Å². The largest absolute Gasteiger partial charge is 0.368 e. The minimum Gasteiger partial charge on any atom is -0.256 e. The normalized spacial score (nSPS) is 11.7. The molecule has 8 nitrogen and oxygen atoms in total. The zero-order valence-corrected chi connectivity index (χ0v) is 15.8. The van der Waals surface area contributed by atoms with Crippen LogP contribution in [0.4, 0.5) is 0 Å². The Morgan fingerprint density at radius 3 is 1.44 bits per heavy atom. The van der Waals surface area contributed by atoms with E-state index in [9.17, 15) is 0 Å². The summed E-state index contributed by atoms with van der Waals surface area (Å²) in [6, 6.07) is 15.8. The van der Waals surface area contributed by atoms with Crippen LogP contribution in [0.5, 0.6) is 0 Å². The van der Waals surface area contributed by atoms with Crippen LogP contribution >= 0.6 is 0 Å². The van der Waals surface area contributed by atoms with Crippen LogP contribution in [-0.4, -0.2) is 23.4 Å². The lowest BCUT2D eigenvalue weighted by Crippen LogP contribution is -4.23. The van der Waals surface area contributed by atoms with Gasteiger partial charge in [0, 0.05) is 26.6 Å². The summed E-state index contributed by atoms with van der Waals surface area (Å²) in [4.78, 5) is 18.7. The molecule has 0 amide bonds. The van der Waals surface area contributed by atoms with E-state index >= 15 is 0 Å². The Morgan fingerprint density at radius 2 is 1.04 bits per heavy atom. The summed E-state index contributed by atoms with van der Waals surface area (Å²) in [5.74, 6) is 0. The SMILES string of the molecule is [O-][I+3]([O-])([O-])O.c1ccc2nc3c4cccnc4c4ncccc4c3nc2c1. The maximum absolute atomic E-state index is 8.73. The molecule has 0 aliphatic heterocycles. The van der Waals surface area contributed by atoms with Crippen molar-refractivity contribution in [3.8, 4) is 0 Å². The first-order valence-corrected chi connectivity index (χ1v) is 11.3. The van der Waals surface area contributed by atoms with Crippen LogP contribution < -0.4 is 30.4 Å². The molecule has 134 valence electrons. The number of hydrogen-bond acceptors (Lipinski definition) is 8. The van der Waals surface area contributed by atoms with Gasteiger partial charge in [-0.25, -0.2) is 9.97 Å². The van der Waals surface area contributed by atoms with Gasteiger partial charge in [0.2, 0.25) is 0 Å². The third-order valence-electron chi connectivity index (χ3n) is 3.92. The van der Waals surface area contributed by atoms with E-state index in [0.29, 0.717) is 0 Å². The molecule has 5 rings (SSSR count). The molecule has 0 atom stereocenters. The topological polar surface area (TPSA) is 141 Å². The summed E-state index contributed by atoms with van der Waals surface area (Å²) >= 11 is -5.69. The van der Waals surface area contributed by atoms with Crippen LogP contribution in [0.2, 0.25) is 0 Å². The smallest absolute Gasteiger partial charge is 0.256 e. The summed E-state index contributed by atoms with van der Waals surface area (Å²) in [5, 5.41) is 1.98. The van der Waals surface area contributed by atoms with Gasteiger partial charge in [-0.2, -0.15) is 0 Å². The van der Waals surface area contributed by atoms with E-state index in [1.165, 1.54) is 0 Å². The van der Waals surface area contributed by atoms with E-state index in [-0.39, 0.29) is 0 Å². The standard InChI is InChI=1S/C18H10N4.HIO4/c1-2-8-14-13(7-1)21-17-11-5-3-9-19-15(11)16-12(18(17)22-14)6-4-10-20-16;2-1(3,4)5/h1-10H;2H. The number of nitrogens with zero attached hydrogens (tertiary/aromatic N) is 4. The van der Waals surface area contributed by atoms with Gasteiger partial charge in [-0.1, -0.05) is 12.1 Å². The van der Waals surface area contributed by atoms with Gasteiger partial charge in [0.25, 0.3) is 0 Å². The third kappa shape index (κ3) is 3.63. The lowest BCUT2D eigenvalue weighted by atomic mass is 10.1. The number of rotatable bonds is 0. The van der Waals surface area contributed by atoms with Gasteiger partial charge in [-0.3, -0.25) is 20.3 Å². The van der Waals surface area contributed by atoms with Gasteiger partial charge < -0.3 is 0 Å². The van der Waals surface area contributed by atoms with Crippen molar-refractivity contribution in [1.82, 2.24) is 19.9 Å². The number of aromatic nitrogens is 4. The van der Waals surface area contributed by atoms with E-state index in [1.54, 1.807) is 12.4 Å². The van der Waals surface area contributed by atoms with Crippen molar-refractivity contribution in [3.05, 3.63) is 60.9 Å². The lowest BCUT2D eigenvalue weighted by Gasteiger charge is -2.08. The molecule has 0 radical (unpaired) electrons. The molecular formula is C18H11IN4O4. The molecule has 0 saturated heterocycles. The second-order valence-electron chi connectivity index (χ2n) is 5.60. The van der Waals surface area contributed by atoms with E-state index < -0.39 is 20.1 Å². The van der Waals surface area contributed by atoms with Crippen LogP contribution in [0.1, 0.15) is 0 Å². The van der Waals surface area contributed by atoms with Crippen molar-refractivity contribution >= 4 is 43.9 Å². The summed E-state index contributed by atoms with van der Waals surface area (Å²) in [5.41, 5.74) is 5.28. The highest BCUT2D eigenvalue weighted by Gasteiger charge is 2.13. The van der Waals surface area contributed by atoms with Gasteiger partial charge in [0.1, 0.15) is 0 Å². The molecular weight excluding hydrogens is 463 g/mol. The monoisotopic (exact) mass is 474 g/mol. The summed E-state index contributed by atoms with van der Waals surface area (Å²) < 4.78 is 33.2. The molecule has 5 aromatic rings. The van der Waals surface area contributed by atoms with Crippen LogP contribution in [0.25, 0.3) is 43.9 Å². The molecule has 1 N–H and O–H groups in total. The predicted octanol–water partition coefficient (Wildman–Crippen LogP) is -3.24. The van der Waals surface area contributed by atoms with Gasteiger partial charge in [-0.05, 0) is 36.4 Å². The van der Waals surface area contributed by atoms with E-state index in [4.69, 9.17) is 23.7 Å². The molecule has 0 unspecified atom stereocenters. The van der Waals surface area contributed by atoms with Crippen molar-refractivity contribution in [3.63, 3.8) is 0 Å². The summed E-state index contributed by atoms with van der Waals surface area (Å²) in [7, 11) is 0. The zero-order valence-electron chi connectivity index (χ0n) is 13.6. The first-order chi connectivity index (χ1) is 12.9. The molecule has 2 aromatic carbocycles. The Balaban J connectivity index is 0.000000323. The fourth-order valence-corrected chi connectivity index (χ4v) is 2.95. The zero-order chi connectivity index (χ0) is 19.0. The second kappa shape index (κ2) is 6.87. The number of para-hydroxylation sites is 2. The molecule has 3 heterocycles. The minimum atomic E-state index is -5.69. The third-order valence-corrected chi connectivity index (χ3v) is 3.92. The number of benzene rings is 2. The van der Waals surface area contributed by atoms with Crippen LogP contribution in [-0.2, 0) is 0 Å². The minimum absolute atomic E-state index is 0.871. The molecule has 9 heteroatoms. The van der Waals surface area contributed by atoms with Crippen LogP contribution in [0.3, 0.4) is 0 Å². The summed E-state index contributed by atoms with van der Waals surface area (Å²) in [6.07, 6.45) is 3.58. The van der Waals surface area contributed by atoms with Crippen molar-refractivity contribution in [2.45, 2.75) is 0 Å². The fraction of sp³-hybridized carbons (Fsp3) is 0. The maximum atomic E-state index is 8.73. The van der Waals surface area contributed by atoms with E-state index in [0.717, 1.165) is 43.9 Å². The maximum Gasteiger partial charge on any atom is 0.368 e. The van der Waals surface area contributed by atoms with Crippen molar-refractivity contribution < 1.29 is 33.8 Å².